The Kier molecular flexibility index (Phi) is 4.36. The molecule has 112 valence electrons. The number of likely N-dealkylation sites (tertiary alicyclic amines) is 1. The molecule has 1 saturated heterocycles. The molecule has 0 amide bonds. The summed E-state index contributed by atoms with van der Waals surface area (Å²) in [6.07, 6.45) is 5.62. The standard InChI is InChI=1S/C17H23N3O/c1-20-9-5-4-6-14(20)12-21-17-13(10-18)11-19-16-8-3-2-7-15(16)17/h2-3,7-8,11,14H,4-6,9-10,12,18H2,1H3. The number of hydrogen-bond donors (Lipinski definition) is 1. The molecule has 21 heavy (non-hydrogen) atoms. The van der Waals surface area contributed by atoms with E-state index in [-0.39, 0.29) is 0 Å². The Bertz CT molecular complexity index is 614. The van der Waals surface area contributed by atoms with Crippen molar-refractivity contribution in [2.75, 3.05) is 20.2 Å². The van der Waals surface area contributed by atoms with E-state index >= 15 is 0 Å². The molecule has 4 nitrogen and oxygen atoms in total. The number of aromatic nitrogens is 1. The number of benzene rings is 1. The zero-order valence-electron chi connectivity index (χ0n) is 12.6. The number of nitrogens with zero attached hydrogens (tertiary/aromatic N) is 2. The van der Waals surface area contributed by atoms with Crippen LogP contribution in [0.25, 0.3) is 10.9 Å². The fourth-order valence-electron chi connectivity index (χ4n) is 3.01. The second-order valence-corrected chi connectivity index (χ2v) is 5.78. The summed E-state index contributed by atoms with van der Waals surface area (Å²) in [6.45, 7) is 2.33. The van der Waals surface area contributed by atoms with Crippen molar-refractivity contribution in [1.82, 2.24) is 9.88 Å². The summed E-state index contributed by atoms with van der Waals surface area (Å²) in [6, 6.07) is 8.58. The van der Waals surface area contributed by atoms with Crippen LogP contribution in [-0.2, 0) is 6.54 Å². The van der Waals surface area contributed by atoms with Crippen LogP contribution in [0.3, 0.4) is 0 Å². The summed E-state index contributed by atoms with van der Waals surface area (Å²) in [5.74, 6) is 0.905. The molecule has 1 aromatic carbocycles. The van der Waals surface area contributed by atoms with E-state index < -0.39 is 0 Å². The predicted molar refractivity (Wildman–Crippen MR) is 85.4 cm³/mol. The Hall–Kier alpha value is -1.65. The number of hydrogen-bond acceptors (Lipinski definition) is 4. The lowest BCUT2D eigenvalue weighted by molar-refractivity contribution is 0.125. The summed E-state index contributed by atoms with van der Waals surface area (Å²) in [5.41, 5.74) is 7.79. The third-order valence-corrected chi connectivity index (χ3v) is 4.36. The van der Waals surface area contributed by atoms with Gasteiger partial charge in [0.2, 0.25) is 0 Å². The molecule has 1 aliphatic rings. The van der Waals surface area contributed by atoms with Crippen molar-refractivity contribution in [1.29, 1.82) is 0 Å². The molecule has 1 unspecified atom stereocenters. The molecule has 4 heteroatoms. The molecule has 2 N–H and O–H groups in total. The highest BCUT2D eigenvalue weighted by Gasteiger charge is 2.20. The minimum atomic E-state index is 0.452. The molecule has 1 aliphatic heterocycles. The first-order chi connectivity index (χ1) is 10.3. The first kappa shape index (κ1) is 14.3. The molecule has 2 aromatic rings. The average molecular weight is 285 g/mol. The van der Waals surface area contributed by atoms with Crippen molar-refractivity contribution in [3.8, 4) is 5.75 Å². The van der Waals surface area contributed by atoms with Crippen LogP contribution >= 0.6 is 0 Å². The molecular formula is C17H23N3O. The lowest BCUT2D eigenvalue weighted by atomic mass is 10.0. The van der Waals surface area contributed by atoms with Crippen LogP contribution in [0.1, 0.15) is 24.8 Å². The van der Waals surface area contributed by atoms with Gasteiger partial charge in [-0.15, -0.1) is 0 Å². The summed E-state index contributed by atoms with van der Waals surface area (Å²) < 4.78 is 6.19. The first-order valence-corrected chi connectivity index (χ1v) is 7.69. The van der Waals surface area contributed by atoms with Crippen molar-refractivity contribution >= 4 is 10.9 Å². The maximum atomic E-state index is 6.19. The van der Waals surface area contributed by atoms with Crippen molar-refractivity contribution in [2.45, 2.75) is 31.8 Å². The van der Waals surface area contributed by atoms with Gasteiger partial charge in [-0.25, -0.2) is 0 Å². The van der Waals surface area contributed by atoms with Crippen molar-refractivity contribution in [2.24, 2.45) is 5.73 Å². The summed E-state index contributed by atoms with van der Waals surface area (Å²) in [7, 11) is 2.18. The third-order valence-electron chi connectivity index (χ3n) is 4.36. The predicted octanol–water partition coefficient (Wildman–Crippen LogP) is 2.56. The summed E-state index contributed by atoms with van der Waals surface area (Å²) >= 11 is 0. The second kappa shape index (κ2) is 6.41. The van der Waals surface area contributed by atoms with Crippen LogP contribution in [0.4, 0.5) is 0 Å². The van der Waals surface area contributed by atoms with E-state index in [4.69, 9.17) is 10.5 Å². The molecule has 2 heterocycles. The van der Waals surface area contributed by atoms with Gasteiger partial charge in [-0.3, -0.25) is 4.98 Å². The topological polar surface area (TPSA) is 51.4 Å². The molecule has 0 bridgehead atoms. The Morgan fingerprint density at radius 3 is 3.00 bits per heavy atom. The minimum absolute atomic E-state index is 0.452. The lowest BCUT2D eigenvalue weighted by Crippen LogP contribution is -2.40. The zero-order valence-corrected chi connectivity index (χ0v) is 12.6. The van der Waals surface area contributed by atoms with E-state index in [0.29, 0.717) is 12.6 Å². The monoisotopic (exact) mass is 285 g/mol. The van der Waals surface area contributed by atoms with Gasteiger partial charge in [-0.05, 0) is 38.6 Å². The minimum Gasteiger partial charge on any atom is -0.491 e. The van der Waals surface area contributed by atoms with Gasteiger partial charge >= 0.3 is 0 Å². The molecule has 0 spiro atoms. The number of likely N-dealkylation sites (N-methyl/N-ethyl adjacent to an activating group) is 1. The number of piperidine rings is 1. The van der Waals surface area contributed by atoms with Crippen LogP contribution in [0, 0.1) is 0 Å². The molecule has 1 fully saturated rings. The maximum Gasteiger partial charge on any atom is 0.134 e. The number of para-hydroxylation sites is 1. The summed E-state index contributed by atoms with van der Waals surface area (Å²) in [4.78, 5) is 6.85. The Morgan fingerprint density at radius 2 is 2.19 bits per heavy atom. The normalized spacial score (nSPS) is 19.8. The van der Waals surface area contributed by atoms with Crippen LogP contribution in [0.5, 0.6) is 5.75 Å². The largest absolute Gasteiger partial charge is 0.491 e. The molecule has 0 aliphatic carbocycles. The molecule has 0 radical (unpaired) electrons. The molecule has 0 saturated carbocycles. The highest BCUT2D eigenvalue weighted by molar-refractivity contribution is 5.86. The Morgan fingerprint density at radius 1 is 1.33 bits per heavy atom. The number of ether oxygens (including phenoxy) is 1. The van der Waals surface area contributed by atoms with Gasteiger partial charge in [0.05, 0.1) is 5.52 Å². The summed E-state index contributed by atoms with van der Waals surface area (Å²) in [5, 5.41) is 1.05. The van der Waals surface area contributed by atoms with Crippen LogP contribution in [-0.4, -0.2) is 36.1 Å². The number of fused-ring (bicyclic) bond motifs is 1. The average Bonchev–Trinajstić information content (AvgIpc) is 2.53. The van der Waals surface area contributed by atoms with E-state index in [9.17, 15) is 0 Å². The SMILES string of the molecule is CN1CCCCC1COc1c(CN)cnc2ccccc12. The van der Waals surface area contributed by atoms with Gasteiger partial charge in [0, 0.05) is 29.7 Å². The number of pyridine rings is 1. The van der Waals surface area contributed by atoms with E-state index in [1.54, 1.807) is 0 Å². The van der Waals surface area contributed by atoms with Gasteiger partial charge in [0.15, 0.2) is 0 Å². The Balaban J connectivity index is 1.84. The Labute approximate surface area is 125 Å². The quantitative estimate of drug-likeness (QED) is 0.938. The van der Waals surface area contributed by atoms with Crippen LogP contribution < -0.4 is 10.5 Å². The van der Waals surface area contributed by atoms with Gasteiger partial charge < -0.3 is 15.4 Å². The van der Waals surface area contributed by atoms with Crippen molar-refractivity contribution in [3.63, 3.8) is 0 Å². The van der Waals surface area contributed by atoms with Crippen LogP contribution in [0.15, 0.2) is 30.5 Å². The van der Waals surface area contributed by atoms with Gasteiger partial charge in [0.25, 0.3) is 0 Å². The number of rotatable bonds is 4. The van der Waals surface area contributed by atoms with E-state index in [1.807, 2.05) is 24.4 Å². The second-order valence-electron chi connectivity index (χ2n) is 5.78. The molecule has 3 rings (SSSR count). The lowest BCUT2D eigenvalue weighted by Gasteiger charge is -2.32. The van der Waals surface area contributed by atoms with E-state index in [0.717, 1.165) is 35.4 Å². The van der Waals surface area contributed by atoms with E-state index in [1.165, 1.54) is 19.3 Å². The van der Waals surface area contributed by atoms with Crippen molar-refractivity contribution in [3.05, 3.63) is 36.0 Å². The van der Waals surface area contributed by atoms with Gasteiger partial charge in [-0.1, -0.05) is 18.6 Å². The maximum absolute atomic E-state index is 6.19. The van der Waals surface area contributed by atoms with Gasteiger partial charge in [0.1, 0.15) is 12.4 Å². The molecule has 1 atom stereocenters. The van der Waals surface area contributed by atoms with Gasteiger partial charge in [-0.2, -0.15) is 0 Å². The smallest absolute Gasteiger partial charge is 0.134 e. The van der Waals surface area contributed by atoms with E-state index in [2.05, 4.69) is 23.0 Å². The highest BCUT2D eigenvalue weighted by atomic mass is 16.5. The highest BCUT2D eigenvalue weighted by Crippen LogP contribution is 2.29. The molecular weight excluding hydrogens is 262 g/mol. The first-order valence-electron chi connectivity index (χ1n) is 7.69. The fraction of sp³-hybridized carbons (Fsp3) is 0.471. The number of nitrogens with two attached hydrogens (primary N) is 1. The molecule has 1 aromatic heterocycles. The van der Waals surface area contributed by atoms with Crippen LogP contribution in [0.2, 0.25) is 0 Å². The van der Waals surface area contributed by atoms with Crippen molar-refractivity contribution < 1.29 is 4.74 Å². The fourth-order valence-corrected chi connectivity index (χ4v) is 3.01. The third kappa shape index (κ3) is 3.01. The zero-order chi connectivity index (χ0) is 14.7.